The Labute approximate surface area is 155 Å². The number of imide groups is 2. The van der Waals surface area contributed by atoms with Crippen molar-refractivity contribution < 1.29 is 19.3 Å². The molecule has 27 heavy (non-hydrogen) atoms. The van der Waals surface area contributed by atoms with E-state index in [1.165, 1.54) is 18.2 Å². The summed E-state index contributed by atoms with van der Waals surface area (Å²) in [6, 6.07) is 3.71. The van der Waals surface area contributed by atoms with E-state index in [9.17, 15) is 24.5 Å². The van der Waals surface area contributed by atoms with Crippen molar-refractivity contribution in [3.05, 3.63) is 39.4 Å². The lowest BCUT2D eigenvalue weighted by molar-refractivity contribution is -0.384. The topological polar surface area (TPSA) is 122 Å². The summed E-state index contributed by atoms with van der Waals surface area (Å²) in [5.41, 5.74) is 0.691. The maximum atomic E-state index is 12.0. The quantitative estimate of drug-likeness (QED) is 0.362. The molecule has 1 aromatic rings. The number of amides is 4. The highest BCUT2D eigenvalue weighted by molar-refractivity contribution is 6.31. The van der Waals surface area contributed by atoms with Gasteiger partial charge >= 0.3 is 6.03 Å². The molecule has 142 valence electrons. The van der Waals surface area contributed by atoms with Gasteiger partial charge < -0.3 is 4.90 Å². The fraction of sp³-hybridized carbons (Fsp3) is 0.389. The zero-order chi connectivity index (χ0) is 19.7. The summed E-state index contributed by atoms with van der Waals surface area (Å²) in [6.45, 7) is 5.03. The monoisotopic (exact) mass is 372 g/mol. The Morgan fingerprint density at radius 1 is 1.19 bits per heavy atom. The Balaban J connectivity index is 2.06. The predicted molar refractivity (Wildman–Crippen MR) is 98.0 cm³/mol. The first-order chi connectivity index (χ1) is 12.8. The Hall–Kier alpha value is -3.23. The second-order valence-corrected chi connectivity index (χ2v) is 6.97. The third-order valence-corrected chi connectivity index (χ3v) is 4.91. The van der Waals surface area contributed by atoms with E-state index in [4.69, 9.17) is 0 Å². The van der Waals surface area contributed by atoms with Gasteiger partial charge in [0.15, 0.2) is 0 Å². The number of nitro benzene ring substituents is 1. The Morgan fingerprint density at radius 3 is 2.44 bits per heavy atom. The number of non-ortho nitro benzene ring substituents is 1. The lowest BCUT2D eigenvalue weighted by atomic mass is 9.92. The summed E-state index contributed by atoms with van der Waals surface area (Å²) in [4.78, 5) is 48.0. The van der Waals surface area contributed by atoms with Crippen molar-refractivity contribution >= 4 is 35.3 Å². The van der Waals surface area contributed by atoms with E-state index in [0.29, 0.717) is 17.2 Å². The minimum atomic E-state index is -0.889. The standard InChI is InChI=1S/C18H20N4O5/c1-10-5-6-21(11(2)7-10)15-4-3-13(22(26)27)8-12(15)9-14-16(23)19-18(25)20-17(14)24/h3-4,8-11H,5-7H2,1-2H3,(H2,19,20,23,24,25)/t10-,11+/m0/s1. The van der Waals surface area contributed by atoms with Crippen LogP contribution in [-0.2, 0) is 9.59 Å². The number of rotatable bonds is 3. The zero-order valence-electron chi connectivity index (χ0n) is 15.0. The molecule has 2 fully saturated rings. The van der Waals surface area contributed by atoms with E-state index in [1.807, 2.05) is 10.6 Å². The van der Waals surface area contributed by atoms with Crippen LogP contribution in [0.25, 0.3) is 6.08 Å². The molecule has 9 heteroatoms. The smallest absolute Gasteiger partial charge is 0.328 e. The lowest BCUT2D eigenvalue weighted by Crippen LogP contribution is -2.51. The third-order valence-electron chi connectivity index (χ3n) is 4.91. The molecule has 2 atom stereocenters. The second kappa shape index (κ2) is 7.18. The normalized spacial score (nSPS) is 23.0. The molecular weight excluding hydrogens is 352 g/mol. The van der Waals surface area contributed by atoms with Crippen LogP contribution in [-0.4, -0.2) is 35.4 Å². The molecule has 2 heterocycles. The number of nitrogens with one attached hydrogen (secondary N) is 2. The van der Waals surface area contributed by atoms with Crippen molar-refractivity contribution in [3.8, 4) is 0 Å². The van der Waals surface area contributed by atoms with E-state index < -0.39 is 22.8 Å². The lowest BCUT2D eigenvalue weighted by Gasteiger charge is -2.39. The summed E-state index contributed by atoms with van der Waals surface area (Å²) >= 11 is 0. The molecular formula is C18H20N4O5. The van der Waals surface area contributed by atoms with Crippen LogP contribution in [0.2, 0.25) is 0 Å². The molecule has 0 saturated carbocycles. The number of hydrogen-bond donors (Lipinski definition) is 2. The zero-order valence-corrected chi connectivity index (χ0v) is 15.0. The van der Waals surface area contributed by atoms with E-state index in [2.05, 4.69) is 18.7 Å². The minimum Gasteiger partial charge on any atom is -0.368 e. The molecule has 0 aliphatic carbocycles. The van der Waals surface area contributed by atoms with Crippen LogP contribution in [0.5, 0.6) is 0 Å². The van der Waals surface area contributed by atoms with Crippen LogP contribution in [0, 0.1) is 16.0 Å². The number of nitrogens with zero attached hydrogens (tertiary/aromatic N) is 2. The first kappa shape index (κ1) is 18.6. The van der Waals surface area contributed by atoms with Crippen molar-refractivity contribution in [3.63, 3.8) is 0 Å². The molecule has 0 unspecified atom stereocenters. The van der Waals surface area contributed by atoms with E-state index in [-0.39, 0.29) is 17.3 Å². The van der Waals surface area contributed by atoms with E-state index in [0.717, 1.165) is 19.4 Å². The van der Waals surface area contributed by atoms with Gasteiger partial charge in [0.05, 0.1) is 4.92 Å². The van der Waals surface area contributed by atoms with Crippen molar-refractivity contribution in [2.24, 2.45) is 5.92 Å². The van der Waals surface area contributed by atoms with Gasteiger partial charge in [-0.1, -0.05) is 6.92 Å². The maximum absolute atomic E-state index is 12.0. The number of carbonyl (C=O) groups excluding carboxylic acids is 3. The van der Waals surface area contributed by atoms with Gasteiger partial charge in [0.25, 0.3) is 17.5 Å². The summed E-state index contributed by atoms with van der Waals surface area (Å²) in [5.74, 6) is -1.08. The summed E-state index contributed by atoms with van der Waals surface area (Å²) < 4.78 is 0. The van der Waals surface area contributed by atoms with Gasteiger partial charge in [-0.05, 0) is 37.8 Å². The van der Waals surface area contributed by atoms with Crippen molar-refractivity contribution in [1.82, 2.24) is 10.6 Å². The van der Waals surface area contributed by atoms with Gasteiger partial charge in [-0.2, -0.15) is 0 Å². The molecule has 9 nitrogen and oxygen atoms in total. The molecule has 0 bridgehead atoms. The van der Waals surface area contributed by atoms with Crippen LogP contribution in [0.1, 0.15) is 32.3 Å². The number of benzene rings is 1. The molecule has 0 spiro atoms. The van der Waals surface area contributed by atoms with E-state index in [1.54, 1.807) is 6.07 Å². The molecule has 2 aliphatic heterocycles. The molecule has 3 rings (SSSR count). The molecule has 4 amide bonds. The SMILES string of the molecule is C[C@H]1CCN(c2ccc([N+](=O)[O-])cc2C=C2C(=O)NC(=O)NC2=O)[C@H](C)C1. The molecule has 0 aromatic heterocycles. The highest BCUT2D eigenvalue weighted by Gasteiger charge is 2.30. The number of urea groups is 1. The average molecular weight is 372 g/mol. The van der Waals surface area contributed by atoms with Crippen molar-refractivity contribution in [1.29, 1.82) is 0 Å². The third kappa shape index (κ3) is 3.81. The van der Waals surface area contributed by atoms with Gasteiger partial charge in [-0.25, -0.2) is 4.79 Å². The number of hydrogen-bond acceptors (Lipinski definition) is 6. The number of piperidine rings is 1. The fourth-order valence-electron chi connectivity index (χ4n) is 3.56. The van der Waals surface area contributed by atoms with Crippen molar-refractivity contribution in [2.75, 3.05) is 11.4 Å². The van der Waals surface area contributed by atoms with Crippen LogP contribution < -0.4 is 15.5 Å². The highest BCUT2D eigenvalue weighted by Crippen LogP contribution is 2.33. The molecule has 2 aliphatic rings. The van der Waals surface area contributed by atoms with Gasteiger partial charge in [-0.3, -0.25) is 30.3 Å². The Kier molecular flexibility index (Phi) is 4.93. The maximum Gasteiger partial charge on any atom is 0.328 e. The Bertz CT molecular complexity index is 841. The first-order valence-corrected chi connectivity index (χ1v) is 8.69. The molecule has 2 N–H and O–H groups in total. The van der Waals surface area contributed by atoms with Crippen LogP contribution >= 0.6 is 0 Å². The summed E-state index contributed by atoms with van der Waals surface area (Å²) in [6.07, 6.45) is 3.25. The number of barbiturate groups is 1. The second-order valence-electron chi connectivity index (χ2n) is 6.97. The van der Waals surface area contributed by atoms with Crippen LogP contribution in [0.3, 0.4) is 0 Å². The first-order valence-electron chi connectivity index (χ1n) is 8.69. The van der Waals surface area contributed by atoms with Gasteiger partial charge in [0, 0.05) is 36.0 Å². The number of anilines is 1. The molecule has 2 saturated heterocycles. The summed E-state index contributed by atoms with van der Waals surface area (Å²) in [7, 11) is 0. The number of nitro groups is 1. The van der Waals surface area contributed by atoms with E-state index >= 15 is 0 Å². The molecule has 1 aromatic carbocycles. The largest absolute Gasteiger partial charge is 0.368 e. The fourth-order valence-corrected chi connectivity index (χ4v) is 3.56. The average Bonchev–Trinajstić information content (AvgIpc) is 2.58. The molecule has 0 radical (unpaired) electrons. The highest BCUT2D eigenvalue weighted by atomic mass is 16.6. The van der Waals surface area contributed by atoms with Gasteiger partial charge in [0.2, 0.25) is 0 Å². The van der Waals surface area contributed by atoms with Gasteiger partial charge in [0.1, 0.15) is 5.57 Å². The summed E-state index contributed by atoms with van der Waals surface area (Å²) in [5, 5.41) is 15.2. The minimum absolute atomic E-state index is 0.142. The Morgan fingerprint density at radius 2 is 1.85 bits per heavy atom. The number of carbonyl (C=O) groups is 3. The van der Waals surface area contributed by atoms with Crippen LogP contribution in [0.15, 0.2) is 23.8 Å². The van der Waals surface area contributed by atoms with Crippen molar-refractivity contribution in [2.45, 2.75) is 32.7 Å². The predicted octanol–water partition coefficient (Wildman–Crippen LogP) is 1.97. The van der Waals surface area contributed by atoms with Gasteiger partial charge in [-0.15, -0.1) is 0 Å². The van der Waals surface area contributed by atoms with Crippen LogP contribution in [0.4, 0.5) is 16.2 Å².